The predicted molar refractivity (Wildman–Crippen MR) is 81.6 cm³/mol. The van der Waals surface area contributed by atoms with E-state index in [2.05, 4.69) is 21.2 Å². The maximum absolute atomic E-state index is 12.1. The van der Waals surface area contributed by atoms with Gasteiger partial charge in [-0.1, -0.05) is 22.0 Å². The number of benzene rings is 2. The van der Waals surface area contributed by atoms with E-state index in [4.69, 9.17) is 0 Å². The molecule has 0 bridgehead atoms. The summed E-state index contributed by atoms with van der Waals surface area (Å²) in [5.74, 6) is -0.871. The molecule has 0 saturated carbocycles. The summed E-state index contributed by atoms with van der Waals surface area (Å²) in [5.41, 5.74) is 0.930. The van der Waals surface area contributed by atoms with Crippen LogP contribution < -0.4 is 5.32 Å². The van der Waals surface area contributed by atoms with Crippen molar-refractivity contribution in [2.24, 2.45) is 0 Å². The van der Waals surface area contributed by atoms with E-state index in [0.29, 0.717) is 5.69 Å². The lowest BCUT2D eigenvalue weighted by molar-refractivity contribution is -0.385. The first-order valence-corrected chi connectivity index (χ1v) is 6.72. The van der Waals surface area contributed by atoms with Crippen molar-refractivity contribution in [3.05, 3.63) is 62.1 Å². The van der Waals surface area contributed by atoms with Gasteiger partial charge < -0.3 is 10.4 Å². The van der Waals surface area contributed by atoms with Crippen LogP contribution in [0.4, 0.5) is 11.4 Å². The first-order valence-electron chi connectivity index (χ1n) is 5.93. The van der Waals surface area contributed by atoms with Crippen molar-refractivity contribution in [2.75, 3.05) is 5.32 Å². The minimum absolute atomic E-state index is 0.198. The van der Waals surface area contributed by atoms with Crippen molar-refractivity contribution in [3.8, 4) is 5.75 Å². The van der Waals surface area contributed by atoms with E-state index in [-0.39, 0.29) is 17.0 Å². The number of carbonyl (C=O) groups is 1. The van der Waals surface area contributed by atoms with Crippen LogP contribution in [0.3, 0.4) is 0 Å². The quantitative estimate of drug-likeness (QED) is 0.652. The smallest absolute Gasteiger partial charge is 0.282 e. The summed E-state index contributed by atoms with van der Waals surface area (Å²) in [6.07, 6.45) is 0. The summed E-state index contributed by atoms with van der Waals surface area (Å²) >= 11 is 3.34. The second kappa shape index (κ2) is 5.92. The minimum Gasteiger partial charge on any atom is -0.508 e. The number of halogens is 1. The molecular weight excluding hydrogens is 340 g/mol. The molecule has 108 valence electrons. The van der Waals surface area contributed by atoms with Crippen LogP contribution in [0.1, 0.15) is 15.9 Å². The van der Waals surface area contributed by atoms with Gasteiger partial charge in [-0.15, -0.1) is 0 Å². The van der Waals surface area contributed by atoms with Gasteiger partial charge in [0, 0.05) is 16.2 Å². The Kier molecular flexibility index (Phi) is 4.23. The molecule has 0 aliphatic rings. The van der Waals surface area contributed by atoms with Gasteiger partial charge in [-0.25, -0.2) is 0 Å². The molecule has 0 saturated heterocycles. The SMILES string of the molecule is Cc1ccc(NC(=O)c2cc(O)ccc2[N+](=O)[O-])cc1Br. The van der Waals surface area contributed by atoms with Gasteiger partial charge in [-0.3, -0.25) is 14.9 Å². The zero-order valence-corrected chi connectivity index (χ0v) is 12.5. The van der Waals surface area contributed by atoms with Gasteiger partial charge in [0.2, 0.25) is 0 Å². The van der Waals surface area contributed by atoms with E-state index < -0.39 is 10.8 Å². The maximum atomic E-state index is 12.1. The molecule has 0 spiro atoms. The lowest BCUT2D eigenvalue weighted by Gasteiger charge is -2.08. The standard InChI is InChI=1S/C14H11BrN2O4/c1-8-2-3-9(6-12(8)15)16-14(19)11-7-10(18)4-5-13(11)17(20)21/h2-7,18H,1H3,(H,16,19). The van der Waals surface area contributed by atoms with E-state index in [1.54, 1.807) is 18.2 Å². The van der Waals surface area contributed by atoms with Gasteiger partial charge in [0.05, 0.1) is 4.92 Å². The average Bonchev–Trinajstić information content (AvgIpc) is 2.42. The highest BCUT2D eigenvalue weighted by molar-refractivity contribution is 9.10. The number of anilines is 1. The summed E-state index contributed by atoms with van der Waals surface area (Å²) in [5, 5.41) is 22.9. The normalized spacial score (nSPS) is 10.2. The van der Waals surface area contributed by atoms with Crippen LogP contribution >= 0.6 is 15.9 Å². The molecule has 2 aromatic rings. The molecule has 0 heterocycles. The Balaban J connectivity index is 2.34. The largest absolute Gasteiger partial charge is 0.508 e. The molecule has 0 aromatic heterocycles. The molecule has 2 rings (SSSR count). The molecule has 0 aliphatic carbocycles. The zero-order chi connectivity index (χ0) is 15.6. The Labute approximate surface area is 128 Å². The Bertz CT molecular complexity index is 731. The number of rotatable bonds is 3. The van der Waals surface area contributed by atoms with Crippen molar-refractivity contribution >= 4 is 33.2 Å². The van der Waals surface area contributed by atoms with Crippen molar-refractivity contribution in [1.29, 1.82) is 0 Å². The van der Waals surface area contributed by atoms with E-state index >= 15 is 0 Å². The predicted octanol–water partition coefficient (Wildman–Crippen LogP) is 3.62. The van der Waals surface area contributed by atoms with E-state index in [9.17, 15) is 20.0 Å². The minimum atomic E-state index is -0.667. The first-order chi connectivity index (χ1) is 9.88. The number of phenolic OH excluding ortho intramolecular Hbond substituents is 1. The number of nitro groups is 1. The lowest BCUT2D eigenvalue weighted by atomic mass is 10.1. The number of amides is 1. The number of nitrogens with zero attached hydrogens (tertiary/aromatic N) is 1. The zero-order valence-electron chi connectivity index (χ0n) is 11.0. The molecule has 21 heavy (non-hydrogen) atoms. The number of nitrogens with one attached hydrogen (secondary N) is 1. The molecule has 0 aliphatic heterocycles. The number of hydrogen-bond donors (Lipinski definition) is 2. The van der Waals surface area contributed by atoms with Gasteiger partial charge in [0.15, 0.2) is 0 Å². The number of aromatic hydroxyl groups is 1. The number of nitro benzene ring substituents is 1. The van der Waals surface area contributed by atoms with Crippen molar-refractivity contribution < 1.29 is 14.8 Å². The summed E-state index contributed by atoms with van der Waals surface area (Å²) in [4.78, 5) is 22.4. The first kappa shape index (κ1) is 15.0. The number of carbonyl (C=O) groups excluding carboxylic acids is 1. The monoisotopic (exact) mass is 350 g/mol. The van der Waals surface area contributed by atoms with Crippen molar-refractivity contribution in [3.63, 3.8) is 0 Å². The average molecular weight is 351 g/mol. The van der Waals surface area contributed by atoms with Crippen LogP contribution in [0.5, 0.6) is 5.75 Å². The number of aryl methyl sites for hydroxylation is 1. The van der Waals surface area contributed by atoms with E-state index in [1.165, 1.54) is 0 Å². The molecule has 0 unspecified atom stereocenters. The highest BCUT2D eigenvalue weighted by Gasteiger charge is 2.21. The van der Waals surface area contributed by atoms with E-state index in [1.807, 2.05) is 6.92 Å². The maximum Gasteiger partial charge on any atom is 0.282 e. The summed E-state index contributed by atoms with van der Waals surface area (Å²) < 4.78 is 0.811. The number of hydrogen-bond acceptors (Lipinski definition) is 4. The Hall–Kier alpha value is -2.41. The van der Waals surface area contributed by atoms with Crippen molar-refractivity contribution in [1.82, 2.24) is 0 Å². The molecule has 7 heteroatoms. The van der Waals surface area contributed by atoms with Crippen LogP contribution in [-0.4, -0.2) is 15.9 Å². The number of phenols is 1. The third kappa shape index (κ3) is 3.38. The van der Waals surface area contributed by atoms with Gasteiger partial charge in [0.25, 0.3) is 11.6 Å². The highest BCUT2D eigenvalue weighted by Crippen LogP contribution is 2.25. The van der Waals surface area contributed by atoms with Gasteiger partial charge in [0.1, 0.15) is 11.3 Å². The Morgan fingerprint density at radius 2 is 2.00 bits per heavy atom. The Morgan fingerprint density at radius 3 is 2.62 bits per heavy atom. The molecule has 2 N–H and O–H groups in total. The summed E-state index contributed by atoms with van der Waals surface area (Å²) in [7, 11) is 0. The fourth-order valence-electron chi connectivity index (χ4n) is 1.73. The molecule has 2 aromatic carbocycles. The van der Waals surface area contributed by atoms with Crippen LogP contribution in [-0.2, 0) is 0 Å². The van der Waals surface area contributed by atoms with Gasteiger partial charge >= 0.3 is 0 Å². The molecule has 0 fully saturated rings. The van der Waals surface area contributed by atoms with Gasteiger partial charge in [-0.05, 0) is 36.8 Å². The van der Waals surface area contributed by atoms with Crippen molar-refractivity contribution in [2.45, 2.75) is 6.92 Å². The van der Waals surface area contributed by atoms with E-state index in [0.717, 1.165) is 28.2 Å². The Morgan fingerprint density at radius 1 is 1.29 bits per heavy atom. The van der Waals surface area contributed by atoms with Crippen LogP contribution in [0.15, 0.2) is 40.9 Å². The molecule has 0 atom stereocenters. The summed E-state index contributed by atoms with van der Waals surface area (Å²) in [6.45, 7) is 1.90. The third-order valence-corrected chi connectivity index (χ3v) is 3.71. The second-order valence-electron chi connectivity index (χ2n) is 4.38. The molecule has 1 amide bonds. The summed E-state index contributed by atoms with van der Waals surface area (Å²) in [6, 6.07) is 8.51. The lowest BCUT2D eigenvalue weighted by Crippen LogP contribution is -2.14. The topological polar surface area (TPSA) is 92.5 Å². The van der Waals surface area contributed by atoms with Crippen LogP contribution in [0.25, 0.3) is 0 Å². The molecule has 0 radical (unpaired) electrons. The fourth-order valence-corrected chi connectivity index (χ4v) is 2.11. The highest BCUT2D eigenvalue weighted by atomic mass is 79.9. The fraction of sp³-hybridized carbons (Fsp3) is 0.0714. The second-order valence-corrected chi connectivity index (χ2v) is 5.23. The molecule has 6 nitrogen and oxygen atoms in total. The van der Waals surface area contributed by atoms with Crippen LogP contribution in [0, 0.1) is 17.0 Å². The van der Waals surface area contributed by atoms with Crippen LogP contribution in [0.2, 0.25) is 0 Å². The third-order valence-electron chi connectivity index (χ3n) is 2.85. The van der Waals surface area contributed by atoms with Gasteiger partial charge in [-0.2, -0.15) is 0 Å². The molecular formula is C14H11BrN2O4.